The number of carbonyl (C=O) groups is 1. The van der Waals surface area contributed by atoms with Crippen LogP contribution in [0.4, 0.5) is 0 Å². The summed E-state index contributed by atoms with van der Waals surface area (Å²) in [5, 5.41) is 0. The Bertz CT molecular complexity index is 334. The van der Waals surface area contributed by atoms with E-state index >= 15 is 0 Å². The van der Waals surface area contributed by atoms with E-state index < -0.39 is 0 Å². The van der Waals surface area contributed by atoms with Crippen molar-refractivity contribution in [2.24, 2.45) is 0 Å². The fourth-order valence-corrected chi connectivity index (χ4v) is 1.93. The van der Waals surface area contributed by atoms with Crippen LogP contribution in [0.15, 0.2) is 30.3 Å². The van der Waals surface area contributed by atoms with Gasteiger partial charge >= 0.3 is 0 Å². The number of rotatable bonds is 8. The summed E-state index contributed by atoms with van der Waals surface area (Å²) in [4.78, 5) is 14.1. The van der Waals surface area contributed by atoms with Crippen LogP contribution in [-0.4, -0.2) is 17.4 Å². The van der Waals surface area contributed by atoms with Gasteiger partial charge in [-0.3, -0.25) is 4.79 Å². The second-order valence-electron chi connectivity index (χ2n) is 4.76. The first-order valence-corrected chi connectivity index (χ1v) is 7.09. The molecule has 0 fully saturated rings. The Morgan fingerprint density at radius 2 is 1.72 bits per heavy atom. The van der Waals surface area contributed by atoms with Crippen LogP contribution in [0.5, 0.6) is 0 Å². The Balaban J connectivity index is 2.57. The van der Waals surface area contributed by atoms with Crippen LogP contribution in [0.3, 0.4) is 0 Å². The van der Waals surface area contributed by atoms with Crippen LogP contribution in [0, 0.1) is 0 Å². The van der Waals surface area contributed by atoms with Gasteiger partial charge in [-0.25, -0.2) is 0 Å². The first-order chi connectivity index (χ1) is 8.77. The highest BCUT2D eigenvalue weighted by Gasteiger charge is 2.12. The Morgan fingerprint density at radius 1 is 1.06 bits per heavy atom. The summed E-state index contributed by atoms with van der Waals surface area (Å²) >= 11 is 0. The van der Waals surface area contributed by atoms with Crippen LogP contribution in [-0.2, 0) is 11.3 Å². The van der Waals surface area contributed by atoms with Crippen molar-refractivity contribution < 1.29 is 4.79 Å². The van der Waals surface area contributed by atoms with Gasteiger partial charge in [0.25, 0.3) is 0 Å². The minimum atomic E-state index is 0.300. The molecule has 0 saturated heterocycles. The molecule has 0 spiro atoms. The largest absolute Gasteiger partial charge is 0.338 e. The molecule has 0 saturated carbocycles. The predicted octanol–water partition coefficient (Wildman–Crippen LogP) is 4.01. The van der Waals surface area contributed by atoms with E-state index in [1.165, 1.54) is 5.56 Å². The average Bonchev–Trinajstić information content (AvgIpc) is 2.42. The summed E-state index contributed by atoms with van der Waals surface area (Å²) in [5.74, 6) is 0.300. The molecule has 0 bridgehead atoms. The van der Waals surface area contributed by atoms with Crippen LogP contribution in [0.25, 0.3) is 0 Å². The Hall–Kier alpha value is -1.31. The van der Waals surface area contributed by atoms with E-state index in [9.17, 15) is 4.79 Å². The van der Waals surface area contributed by atoms with E-state index in [0.29, 0.717) is 12.3 Å². The minimum Gasteiger partial charge on any atom is -0.338 e. The van der Waals surface area contributed by atoms with Crippen molar-refractivity contribution in [1.82, 2.24) is 4.90 Å². The molecule has 1 amide bonds. The molecule has 0 aliphatic heterocycles. The molecule has 100 valence electrons. The molecule has 0 heterocycles. The summed E-state index contributed by atoms with van der Waals surface area (Å²) < 4.78 is 0. The predicted molar refractivity (Wildman–Crippen MR) is 76.3 cm³/mol. The first-order valence-electron chi connectivity index (χ1n) is 7.09. The number of amides is 1. The summed E-state index contributed by atoms with van der Waals surface area (Å²) in [6.07, 6.45) is 4.99. The van der Waals surface area contributed by atoms with Crippen LogP contribution >= 0.6 is 0 Å². The van der Waals surface area contributed by atoms with Gasteiger partial charge in [0.2, 0.25) is 5.91 Å². The van der Waals surface area contributed by atoms with Gasteiger partial charge in [-0.15, -0.1) is 0 Å². The minimum absolute atomic E-state index is 0.300. The van der Waals surface area contributed by atoms with Crippen molar-refractivity contribution in [3.05, 3.63) is 35.9 Å². The van der Waals surface area contributed by atoms with E-state index in [2.05, 4.69) is 26.0 Å². The van der Waals surface area contributed by atoms with Crippen molar-refractivity contribution in [3.8, 4) is 0 Å². The molecule has 0 radical (unpaired) electrons. The molecule has 0 atom stereocenters. The Kier molecular flexibility index (Phi) is 7.16. The summed E-state index contributed by atoms with van der Waals surface area (Å²) in [6.45, 7) is 5.93. The Morgan fingerprint density at radius 3 is 2.33 bits per heavy atom. The number of hydrogen-bond acceptors (Lipinski definition) is 1. The molecule has 0 aliphatic rings. The summed E-state index contributed by atoms with van der Waals surface area (Å²) in [7, 11) is 0. The van der Waals surface area contributed by atoms with Gasteiger partial charge in [-0.05, 0) is 18.4 Å². The molecule has 1 aromatic rings. The lowest BCUT2D eigenvalue weighted by atomic mass is 10.1. The SMILES string of the molecule is CCCCC(=O)N(CCCC)Cc1ccccc1. The lowest BCUT2D eigenvalue weighted by Gasteiger charge is -2.22. The van der Waals surface area contributed by atoms with E-state index in [4.69, 9.17) is 0 Å². The van der Waals surface area contributed by atoms with Gasteiger partial charge in [0.15, 0.2) is 0 Å². The number of carbonyl (C=O) groups excluding carboxylic acids is 1. The summed E-state index contributed by atoms with van der Waals surface area (Å²) in [6, 6.07) is 10.3. The van der Waals surface area contributed by atoms with E-state index in [1.54, 1.807) is 0 Å². The van der Waals surface area contributed by atoms with Gasteiger partial charge in [-0.1, -0.05) is 57.0 Å². The molecular formula is C16H25NO. The maximum absolute atomic E-state index is 12.1. The molecule has 2 heteroatoms. The van der Waals surface area contributed by atoms with Gasteiger partial charge in [0.05, 0.1) is 0 Å². The maximum atomic E-state index is 12.1. The number of hydrogen-bond donors (Lipinski definition) is 0. The lowest BCUT2D eigenvalue weighted by molar-refractivity contribution is -0.132. The van der Waals surface area contributed by atoms with Gasteiger partial charge in [0, 0.05) is 19.5 Å². The highest BCUT2D eigenvalue weighted by atomic mass is 16.2. The first kappa shape index (κ1) is 14.7. The quantitative estimate of drug-likeness (QED) is 0.680. The van der Waals surface area contributed by atoms with Crippen molar-refractivity contribution in [2.75, 3.05) is 6.54 Å². The maximum Gasteiger partial charge on any atom is 0.222 e. The fourth-order valence-electron chi connectivity index (χ4n) is 1.93. The third-order valence-corrected chi connectivity index (χ3v) is 3.09. The number of nitrogens with zero attached hydrogens (tertiary/aromatic N) is 1. The molecule has 0 aliphatic carbocycles. The van der Waals surface area contributed by atoms with E-state index in [1.807, 2.05) is 23.1 Å². The van der Waals surface area contributed by atoms with Crippen molar-refractivity contribution in [1.29, 1.82) is 0 Å². The molecule has 18 heavy (non-hydrogen) atoms. The van der Waals surface area contributed by atoms with E-state index in [-0.39, 0.29) is 0 Å². The average molecular weight is 247 g/mol. The second kappa shape index (κ2) is 8.73. The molecule has 0 unspecified atom stereocenters. The third-order valence-electron chi connectivity index (χ3n) is 3.09. The molecule has 2 nitrogen and oxygen atoms in total. The van der Waals surface area contributed by atoms with Crippen molar-refractivity contribution in [2.45, 2.75) is 52.5 Å². The smallest absolute Gasteiger partial charge is 0.222 e. The highest BCUT2D eigenvalue weighted by molar-refractivity contribution is 5.76. The van der Waals surface area contributed by atoms with Crippen LogP contribution in [0.1, 0.15) is 51.5 Å². The molecule has 0 N–H and O–H groups in total. The van der Waals surface area contributed by atoms with Crippen molar-refractivity contribution in [3.63, 3.8) is 0 Å². The van der Waals surface area contributed by atoms with Gasteiger partial charge in [-0.2, -0.15) is 0 Å². The van der Waals surface area contributed by atoms with Gasteiger partial charge < -0.3 is 4.90 Å². The van der Waals surface area contributed by atoms with Crippen LogP contribution < -0.4 is 0 Å². The zero-order chi connectivity index (χ0) is 13.2. The Labute approximate surface area is 111 Å². The zero-order valence-electron chi connectivity index (χ0n) is 11.7. The monoisotopic (exact) mass is 247 g/mol. The topological polar surface area (TPSA) is 20.3 Å². The van der Waals surface area contributed by atoms with Crippen molar-refractivity contribution >= 4 is 5.91 Å². The van der Waals surface area contributed by atoms with Gasteiger partial charge in [0.1, 0.15) is 0 Å². The lowest BCUT2D eigenvalue weighted by Crippen LogP contribution is -2.31. The normalized spacial score (nSPS) is 10.3. The summed E-state index contributed by atoms with van der Waals surface area (Å²) in [5.41, 5.74) is 1.22. The number of unbranched alkanes of at least 4 members (excludes halogenated alkanes) is 2. The third kappa shape index (κ3) is 5.35. The van der Waals surface area contributed by atoms with Crippen LogP contribution in [0.2, 0.25) is 0 Å². The highest BCUT2D eigenvalue weighted by Crippen LogP contribution is 2.09. The van der Waals surface area contributed by atoms with E-state index in [0.717, 1.165) is 38.8 Å². The number of benzene rings is 1. The molecule has 1 rings (SSSR count). The molecule has 0 aromatic heterocycles. The fraction of sp³-hybridized carbons (Fsp3) is 0.562. The molecule has 1 aromatic carbocycles. The standard InChI is InChI=1S/C16H25NO/c1-3-5-12-16(18)17(13-6-4-2)14-15-10-8-7-9-11-15/h7-11H,3-6,12-14H2,1-2H3. The second-order valence-corrected chi connectivity index (χ2v) is 4.76. The molecular weight excluding hydrogens is 222 g/mol. The zero-order valence-corrected chi connectivity index (χ0v) is 11.7.